The fourth-order valence-corrected chi connectivity index (χ4v) is 1.81. The van der Waals surface area contributed by atoms with Crippen LogP contribution in [0, 0.1) is 0 Å². The van der Waals surface area contributed by atoms with Crippen molar-refractivity contribution in [1.29, 1.82) is 0 Å². The van der Waals surface area contributed by atoms with Gasteiger partial charge < -0.3 is 19.3 Å². The van der Waals surface area contributed by atoms with Gasteiger partial charge in [-0.05, 0) is 12.1 Å². The van der Waals surface area contributed by atoms with Crippen LogP contribution < -0.4 is 4.74 Å². The fourth-order valence-electron chi connectivity index (χ4n) is 1.81. The van der Waals surface area contributed by atoms with Crippen molar-refractivity contribution in [3.8, 4) is 5.75 Å². The van der Waals surface area contributed by atoms with E-state index in [0.29, 0.717) is 18.8 Å². The average molecular weight is 252 g/mol. The molecule has 2 rings (SSSR count). The van der Waals surface area contributed by atoms with E-state index >= 15 is 0 Å². The van der Waals surface area contributed by atoms with Crippen LogP contribution in [0.1, 0.15) is 13.3 Å². The Kier molecular flexibility index (Phi) is 4.17. The van der Waals surface area contributed by atoms with E-state index in [0.717, 1.165) is 0 Å². The molecule has 98 valence electrons. The van der Waals surface area contributed by atoms with E-state index in [1.807, 2.05) is 18.2 Å². The van der Waals surface area contributed by atoms with E-state index < -0.39 is 24.5 Å². The predicted molar refractivity (Wildman–Crippen MR) is 63.0 cm³/mol. The van der Waals surface area contributed by atoms with Gasteiger partial charge in [0, 0.05) is 13.3 Å². The molecule has 0 radical (unpaired) electrons. The van der Waals surface area contributed by atoms with E-state index in [9.17, 15) is 9.90 Å². The number of ether oxygens (including phenoxy) is 3. The molecular weight excluding hydrogens is 236 g/mol. The number of carbonyl (C=O) groups excluding carboxylic acids is 1. The number of aliphatic hydroxyl groups excluding tert-OH is 1. The first kappa shape index (κ1) is 12.9. The zero-order valence-corrected chi connectivity index (χ0v) is 10.1. The van der Waals surface area contributed by atoms with Crippen molar-refractivity contribution in [3.05, 3.63) is 30.3 Å². The largest absolute Gasteiger partial charge is 0.461 e. The van der Waals surface area contributed by atoms with E-state index in [1.165, 1.54) is 6.92 Å². The number of benzene rings is 1. The molecule has 1 heterocycles. The van der Waals surface area contributed by atoms with Gasteiger partial charge in [-0.2, -0.15) is 0 Å². The zero-order valence-electron chi connectivity index (χ0n) is 10.1. The van der Waals surface area contributed by atoms with Crippen LogP contribution in [0.3, 0.4) is 0 Å². The summed E-state index contributed by atoms with van der Waals surface area (Å²) in [7, 11) is 0. The van der Waals surface area contributed by atoms with E-state index in [-0.39, 0.29) is 0 Å². The third-order valence-electron chi connectivity index (χ3n) is 2.64. The second-order valence-corrected chi connectivity index (χ2v) is 4.10. The Balaban J connectivity index is 2.06. The molecular formula is C13H16O5. The maximum Gasteiger partial charge on any atom is 0.303 e. The summed E-state index contributed by atoms with van der Waals surface area (Å²) in [5, 5.41) is 9.83. The number of rotatable bonds is 3. The average Bonchev–Trinajstić information content (AvgIpc) is 2.34. The quantitative estimate of drug-likeness (QED) is 0.816. The molecule has 18 heavy (non-hydrogen) atoms. The van der Waals surface area contributed by atoms with Crippen LogP contribution in [0.15, 0.2) is 30.3 Å². The molecule has 3 atom stereocenters. The fraction of sp³-hybridized carbons (Fsp3) is 0.462. The molecule has 5 nitrogen and oxygen atoms in total. The first-order valence-corrected chi connectivity index (χ1v) is 5.85. The number of esters is 1. The Labute approximate surface area is 105 Å². The van der Waals surface area contributed by atoms with Gasteiger partial charge in [0.2, 0.25) is 6.29 Å². The topological polar surface area (TPSA) is 65.0 Å². The summed E-state index contributed by atoms with van der Waals surface area (Å²) in [5.41, 5.74) is 0. The summed E-state index contributed by atoms with van der Waals surface area (Å²) < 4.78 is 16.0. The lowest BCUT2D eigenvalue weighted by molar-refractivity contribution is -0.222. The molecule has 0 saturated carbocycles. The highest BCUT2D eigenvalue weighted by molar-refractivity contribution is 5.66. The number of aliphatic hydroxyl groups is 1. The lowest BCUT2D eigenvalue weighted by atomic mass is 10.1. The smallest absolute Gasteiger partial charge is 0.303 e. The summed E-state index contributed by atoms with van der Waals surface area (Å²) in [6.07, 6.45) is -1.92. The van der Waals surface area contributed by atoms with E-state index in [1.54, 1.807) is 12.1 Å². The molecule has 0 aromatic heterocycles. The Morgan fingerprint density at radius 3 is 2.78 bits per heavy atom. The van der Waals surface area contributed by atoms with Gasteiger partial charge in [-0.3, -0.25) is 4.79 Å². The van der Waals surface area contributed by atoms with Gasteiger partial charge >= 0.3 is 5.97 Å². The van der Waals surface area contributed by atoms with Crippen LogP contribution in [0.4, 0.5) is 0 Å². The number of hydrogen-bond acceptors (Lipinski definition) is 5. The third kappa shape index (κ3) is 3.21. The normalized spacial score (nSPS) is 27.6. The molecule has 0 amide bonds. The Bertz CT molecular complexity index is 392. The Morgan fingerprint density at radius 1 is 1.39 bits per heavy atom. The third-order valence-corrected chi connectivity index (χ3v) is 2.64. The first-order chi connectivity index (χ1) is 8.66. The molecule has 1 aliphatic rings. The summed E-state index contributed by atoms with van der Waals surface area (Å²) >= 11 is 0. The molecule has 1 fully saturated rings. The number of para-hydroxylation sites is 1. The highest BCUT2D eigenvalue weighted by atomic mass is 16.7. The SMILES string of the molecule is CC(=O)O[C@H]1[C@H](Oc2ccccc2)OCC[C@@H]1O. The second-order valence-electron chi connectivity index (χ2n) is 4.10. The molecule has 1 aromatic carbocycles. The highest BCUT2D eigenvalue weighted by Gasteiger charge is 2.37. The van der Waals surface area contributed by atoms with Gasteiger partial charge in [0.05, 0.1) is 12.7 Å². The predicted octanol–water partition coefficient (Wildman–Crippen LogP) is 1.10. The van der Waals surface area contributed by atoms with Crippen LogP contribution in [0.2, 0.25) is 0 Å². The van der Waals surface area contributed by atoms with Gasteiger partial charge in [-0.15, -0.1) is 0 Å². The molecule has 5 heteroatoms. The minimum atomic E-state index is -0.795. The van der Waals surface area contributed by atoms with Crippen molar-refractivity contribution in [2.24, 2.45) is 0 Å². The lowest BCUT2D eigenvalue weighted by Gasteiger charge is -2.34. The monoisotopic (exact) mass is 252 g/mol. The van der Waals surface area contributed by atoms with Crippen molar-refractivity contribution in [2.75, 3.05) is 6.61 Å². The maximum absolute atomic E-state index is 11.0. The van der Waals surface area contributed by atoms with Gasteiger partial charge in [0.1, 0.15) is 5.75 Å². The molecule has 0 unspecified atom stereocenters. The molecule has 1 N–H and O–H groups in total. The molecule has 1 aliphatic heterocycles. The van der Waals surface area contributed by atoms with Gasteiger partial charge in [-0.25, -0.2) is 0 Å². The van der Waals surface area contributed by atoms with Gasteiger partial charge in [0.15, 0.2) is 6.10 Å². The van der Waals surface area contributed by atoms with Crippen molar-refractivity contribution >= 4 is 5.97 Å². The van der Waals surface area contributed by atoms with Crippen LogP contribution in [0.25, 0.3) is 0 Å². The summed E-state index contributed by atoms with van der Waals surface area (Å²) in [5.74, 6) is 0.139. The van der Waals surface area contributed by atoms with Crippen LogP contribution in [0.5, 0.6) is 5.75 Å². The zero-order chi connectivity index (χ0) is 13.0. The number of carbonyl (C=O) groups is 1. The lowest BCUT2D eigenvalue weighted by Crippen LogP contribution is -2.49. The highest BCUT2D eigenvalue weighted by Crippen LogP contribution is 2.22. The van der Waals surface area contributed by atoms with E-state index in [2.05, 4.69) is 0 Å². The second kappa shape index (κ2) is 5.84. The van der Waals surface area contributed by atoms with Gasteiger partial charge in [-0.1, -0.05) is 18.2 Å². The van der Waals surface area contributed by atoms with Crippen molar-refractivity contribution < 1.29 is 24.1 Å². The summed E-state index contributed by atoms with van der Waals surface area (Å²) in [6.45, 7) is 1.66. The van der Waals surface area contributed by atoms with Crippen LogP contribution in [-0.2, 0) is 14.3 Å². The standard InChI is InChI=1S/C13H16O5/c1-9(14)17-12-11(15)7-8-16-13(12)18-10-5-3-2-4-6-10/h2-6,11-13,15H,7-8H2,1H3/t11-,12+,13-/m0/s1. The minimum absolute atomic E-state index is 0.371. The Hall–Kier alpha value is -1.59. The summed E-state index contributed by atoms with van der Waals surface area (Å²) in [4.78, 5) is 11.0. The first-order valence-electron chi connectivity index (χ1n) is 5.85. The van der Waals surface area contributed by atoms with Crippen molar-refractivity contribution in [3.63, 3.8) is 0 Å². The van der Waals surface area contributed by atoms with Gasteiger partial charge in [0.25, 0.3) is 0 Å². The van der Waals surface area contributed by atoms with Crippen LogP contribution >= 0.6 is 0 Å². The molecule has 0 bridgehead atoms. The maximum atomic E-state index is 11.0. The Morgan fingerprint density at radius 2 is 2.11 bits per heavy atom. The number of hydrogen-bond donors (Lipinski definition) is 1. The molecule has 0 aliphatic carbocycles. The molecule has 1 saturated heterocycles. The molecule has 1 aromatic rings. The van der Waals surface area contributed by atoms with E-state index in [4.69, 9.17) is 14.2 Å². The molecule has 0 spiro atoms. The van der Waals surface area contributed by atoms with Crippen LogP contribution in [-0.4, -0.2) is 36.2 Å². The van der Waals surface area contributed by atoms with Crippen molar-refractivity contribution in [1.82, 2.24) is 0 Å². The summed E-state index contributed by atoms with van der Waals surface area (Å²) in [6, 6.07) is 9.07. The van der Waals surface area contributed by atoms with Crippen molar-refractivity contribution in [2.45, 2.75) is 31.8 Å². The minimum Gasteiger partial charge on any atom is -0.461 e.